The molecule has 2 atom stereocenters. The summed E-state index contributed by atoms with van der Waals surface area (Å²) in [4.78, 5) is 61.9. The molecule has 1 heterocycles. The highest BCUT2D eigenvalue weighted by Crippen LogP contribution is 2.08. The molecule has 0 radical (unpaired) electrons. The first-order chi connectivity index (χ1) is 16.1. The lowest BCUT2D eigenvalue weighted by atomic mass is 10.1. The van der Waals surface area contributed by atoms with Crippen molar-refractivity contribution >= 4 is 11.9 Å². The third-order valence-electron chi connectivity index (χ3n) is 4.88. The van der Waals surface area contributed by atoms with Crippen LogP contribution >= 0.6 is 0 Å². The van der Waals surface area contributed by atoms with Crippen LogP contribution in [0.3, 0.4) is 0 Å². The molecule has 2 unspecified atom stereocenters. The summed E-state index contributed by atoms with van der Waals surface area (Å²) in [6.07, 6.45) is -0.918. The standard InChI is InChI=1S/C22H27N3O9/c1-4-9-23-20(30)24(11-16(26)5-2)22(32)25(21(23)31)12-17(27)13-34-19(29)15-8-6-7-14(10-15)18(28)33-3/h4,6-8,10,16-17,26-27H,1,5,9,11-13H2,2-3H3. The van der Waals surface area contributed by atoms with Gasteiger partial charge in [-0.25, -0.2) is 37.7 Å². The summed E-state index contributed by atoms with van der Waals surface area (Å²) in [5.41, 5.74) is -2.75. The molecule has 0 bridgehead atoms. The van der Waals surface area contributed by atoms with Gasteiger partial charge in [-0.15, -0.1) is 6.58 Å². The summed E-state index contributed by atoms with van der Waals surface area (Å²) in [5, 5.41) is 20.2. The lowest BCUT2D eigenvalue weighted by Gasteiger charge is -2.17. The lowest BCUT2D eigenvalue weighted by Crippen LogP contribution is -2.56. The van der Waals surface area contributed by atoms with Crippen LogP contribution in [-0.2, 0) is 29.1 Å². The van der Waals surface area contributed by atoms with Gasteiger partial charge >= 0.3 is 29.0 Å². The molecule has 12 heteroatoms. The topological polar surface area (TPSA) is 159 Å². The number of aliphatic hydroxyl groups is 2. The fourth-order valence-electron chi connectivity index (χ4n) is 3.03. The molecular formula is C22H27N3O9. The minimum Gasteiger partial charge on any atom is -0.465 e. The van der Waals surface area contributed by atoms with Crippen LogP contribution < -0.4 is 17.1 Å². The van der Waals surface area contributed by atoms with Gasteiger partial charge in [0.25, 0.3) is 0 Å². The average molecular weight is 477 g/mol. The number of carbonyl (C=O) groups excluding carboxylic acids is 2. The van der Waals surface area contributed by atoms with E-state index in [4.69, 9.17) is 4.74 Å². The summed E-state index contributed by atoms with van der Waals surface area (Å²) in [7, 11) is 1.20. The molecule has 184 valence electrons. The Morgan fingerprint density at radius 1 is 0.971 bits per heavy atom. The average Bonchev–Trinajstić information content (AvgIpc) is 2.84. The minimum absolute atomic E-state index is 0.0303. The van der Waals surface area contributed by atoms with Gasteiger partial charge in [-0.1, -0.05) is 19.1 Å². The Balaban J connectivity index is 2.24. The van der Waals surface area contributed by atoms with E-state index >= 15 is 0 Å². The Labute approximate surface area is 193 Å². The third-order valence-corrected chi connectivity index (χ3v) is 4.88. The maximum atomic E-state index is 12.8. The lowest BCUT2D eigenvalue weighted by molar-refractivity contribution is 0.0207. The highest BCUT2D eigenvalue weighted by molar-refractivity contribution is 5.95. The van der Waals surface area contributed by atoms with E-state index in [1.54, 1.807) is 6.92 Å². The monoisotopic (exact) mass is 477 g/mol. The molecule has 0 aliphatic heterocycles. The molecule has 2 N–H and O–H groups in total. The van der Waals surface area contributed by atoms with Crippen molar-refractivity contribution < 1.29 is 29.3 Å². The van der Waals surface area contributed by atoms with Gasteiger partial charge in [-0.05, 0) is 24.6 Å². The molecule has 34 heavy (non-hydrogen) atoms. The van der Waals surface area contributed by atoms with Crippen LogP contribution in [0.1, 0.15) is 34.1 Å². The summed E-state index contributed by atoms with van der Waals surface area (Å²) in [6.45, 7) is 3.45. The van der Waals surface area contributed by atoms with Crippen LogP contribution in [0.25, 0.3) is 0 Å². The highest BCUT2D eigenvalue weighted by atomic mass is 16.5. The second-order valence-corrected chi connectivity index (χ2v) is 7.35. The molecule has 0 amide bonds. The number of allylic oxidation sites excluding steroid dienone is 1. The summed E-state index contributed by atoms with van der Waals surface area (Å²) in [5.74, 6) is -1.49. The number of hydrogen-bond acceptors (Lipinski definition) is 9. The SMILES string of the molecule is C=CCn1c(=O)n(CC(O)CC)c(=O)n(CC(O)COC(=O)c2cccc(C(=O)OC)c2)c1=O. The fourth-order valence-corrected chi connectivity index (χ4v) is 3.03. The predicted octanol–water partition coefficient (Wildman–Crippen LogP) is -0.867. The van der Waals surface area contributed by atoms with Crippen LogP contribution in [-0.4, -0.2) is 61.8 Å². The number of esters is 2. The zero-order chi connectivity index (χ0) is 25.4. The number of hydrogen-bond donors (Lipinski definition) is 2. The fraction of sp³-hybridized carbons (Fsp3) is 0.409. The molecule has 2 aromatic rings. The number of methoxy groups -OCH3 is 1. The van der Waals surface area contributed by atoms with Gasteiger partial charge in [0.15, 0.2) is 0 Å². The van der Waals surface area contributed by atoms with E-state index in [0.717, 1.165) is 4.57 Å². The van der Waals surface area contributed by atoms with Crippen molar-refractivity contribution in [3.63, 3.8) is 0 Å². The van der Waals surface area contributed by atoms with Gasteiger partial charge in [-0.3, -0.25) is 0 Å². The normalized spacial score (nSPS) is 12.6. The molecule has 0 saturated carbocycles. The number of carbonyl (C=O) groups is 2. The van der Waals surface area contributed by atoms with Gasteiger partial charge in [0.1, 0.15) is 12.7 Å². The van der Waals surface area contributed by atoms with Gasteiger partial charge in [0, 0.05) is 0 Å². The Kier molecular flexibility index (Phi) is 9.27. The van der Waals surface area contributed by atoms with Crippen LogP contribution in [0.5, 0.6) is 0 Å². The second-order valence-electron chi connectivity index (χ2n) is 7.35. The number of aromatic nitrogens is 3. The summed E-state index contributed by atoms with van der Waals surface area (Å²) >= 11 is 0. The highest BCUT2D eigenvalue weighted by Gasteiger charge is 2.20. The maximum Gasteiger partial charge on any atom is 0.338 e. The van der Waals surface area contributed by atoms with Gasteiger partial charge < -0.3 is 19.7 Å². The number of nitrogens with zero attached hydrogens (tertiary/aromatic N) is 3. The third kappa shape index (κ3) is 6.17. The maximum absolute atomic E-state index is 12.8. The molecule has 0 saturated heterocycles. The first-order valence-electron chi connectivity index (χ1n) is 10.4. The van der Waals surface area contributed by atoms with E-state index in [1.807, 2.05) is 0 Å². The molecule has 0 fully saturated rings. The molecule has 0 aliphatic carbocycles. The van der Waals surface area contributed by atoms with E-state index in [1.165, 1.54) is 37.5 Å². The second kappa shape index (κ2) is 11.9. The van der Waals surface area contributed by atoms with Crippen molar-refractivity contribution in [1.82, 2.24) is 13.7 Å². The number of benzene rings is 1. The number of rotatable bonds is 11. The van der Waals surface area contributed by atoms with Crippen LogP contribution in [0.4, 0.5) is 0 Å². The molecule has 0 spiro atoms. The van der Waals surface area contributed by atoms with Crippen molar-refractivity contribution in [2.24, 2.45) is 0 Å². The molecular weight excluding hydrogens is 450 g/mol. The zero-order valence-corrected chi connectivity index (χ0v) is 18.9. The van der Waals surface area contributed by atoms with E-state index in [-0.39, 0.29) is 30.6 Å². The molecule has 1 aromatic carbocycles. The van der Waals surface area contributed by atoms with E-state index in [9.17, 15) is 34.2 Å². The van der Waals surface area contributed by atoms with Gasteiger partial charge in [-0.2, -0.15) is 0 Å². The minimum atomic E-state index is -1.47. The molecule has 0 aliphatic rings. The van der Waals surface area contributed by atoms with Gasteiger partial charge in [0.05, 0.1) is 44.0 Å². The Morgan fingerprint density at radius 2 is 1.50 bits per heavy atom. The Hall–Kier alpha value is -3.77. The predicted molar refractivity (Wildman–Crippen MR) is 120 cm³/mol. The van der Waals surface area contributed by atoms with Crippen molar-refractivity contribution in [3.8, 4) is 0 Å². The van der Waals surface area contributed by atoms with E-state index < -0.39 is 54.4 Å². The van der Waals surface area contributed by atoms with Crippen molar-refractivity contribution in [3.05, 3.63) is 79.5 Å². The van der Waals surface area contributed by atoms with Gasteiger partial charge in [0.2, 0.25) is 0 Å². The Bertz CT molecular complexity index is 1230. The summed E-state index contributed by atoms with van der Waals surface area (Å²) < 4.78 is 11.7. The number of ether oxygens (including phenoxy) is 2. The van der Waals surface area contributed by atoms with Crippen LogP contribution in [0.15, 0.2) is 51.3 Å². The van der Waals surface area contributed by atoms with Crippen molar-refractivity contribution in [1.29, 1.82) is 0 Å². The molecule has 1 aromatic heterocycles. The smallest absolute Gasteiger partial charge is 0.338 e. The van der Waals surface area contributed by atoms with Crippen molar-refractivity contribution in [2.45, 2.75) is 45.2 Å². The van der Waals surface area contributed by atoms with E-state index in [2.05, 4.69) is 11.3 Å². The van der Waals surface area contributed by atoms with Crippen LogP contribution in [0, 0.1) is 0 Å². The van der Waals surface area contributed by atoms with Crippen LogP contribution in [0.2, 0.25) is 0 Å². The summed E-state index contributed by atoms with van der Waals surface area (Å²) in [6, 6.07) is 5.56. The first kappa shape index (κ1) is 26.5. The first-order valence-corrected chi connectivity index (χ1v) is 10.4. The molecule has 12 nitrogen and oxygen atoms in total. The molecule has 2 rings (SSSR count). The number of aliphatic hydroxyl groups excluding tert-OH is 2. The van der Waals surface area contributed by atoms with Crippen molar-refractivity contribution in [2.75, 3.05) is 13.7 Å². The Morgan fingerprint density at radius 3 is 2.03 bits per heavy atom. The zero-order valence-electron chi connectivity index (χ0n) is 18.9. The quantitative estimate of drug-likeness (QED) is 0.310. The largest absolute Gasteiger partial charge is 0.465 e. The van der Waals surface area contributed by atoms with E-state index in [0.29, 0.717) is 9.13 Å².